The Bertz CT molecular complexity index is 912. The van der Waals surface area contributed by atoms with Gasteiger partial charge in [-0.3, -0.25) is 4.79 Å². The minimum Gasteiger partial charge on any atom is -0.323 e. The van der Waals surface area contributed by atoms with Crippen molar-refractivity contribution >= 4 is 34.7 Å². The zero-order valence-electron chi connectivity index (χ0n) is 14.1. The van der Waals surface area contributed by atoms with E-state index in [1.165, 1.54) is 16.6 Å². The monoisotopic (exact) mass is 394 g/mol. The Balaban J connectivity index is 1.65. The van der Waals surface area contributed by atoms with Crippen LogP contribution < -0.4 is 5.32 Å². The molecule has 0 aliphatic heterocycles. The van der Waals surface area contributed by atoms with Gasteiger partial charge in [-0.2, -0.15) is 0 Å². The van der Waals surface area contributed by atoms with Gasteiger partial charge in [0.2, 0.25) is 5.91 Å². The first-order chi connectivity index (χ1) is 12.4. The molecule has 136 valence electrons. The highest BCUT2D eigenvalue weighted by atomic mass is 32.2. The predicted molar refractivity (Wildman–Crippen MR) is 98.4 cm³/mol. The third-order valence-electron chi connectivity index (χ3n) is 3.68. The molecule has 0 saturated heterocycles. The number of rotatable bonds is 6. The van der Waals surface area contributed by atoms with Crippen molar-refractivity contribution in [2.45, 2.75) is 23.8 Å². The van der Waals surface area contributed by atoms with E-state index in [-0.39, 0.29) is 5.69 Å². The lowest BCUT2D eigenvalue weighted by atomic mass is 10.3. The van der Waals surface area contributed by atoms with Crippen LogP contribution in [0.15, 0.2) is 40.9 Å². The van der Waals surface area contributed by atoms with Crippen molar-refractivity contribution in [2.24, 2.45) is 7.05 Å². The number of hydrogen-bond donors (Lipinski definition) is 1. The van der Waals surface area contributed by atoms with Crippen LogP contribution in [-0.2, 0) is 18.3 Å². The van der Waals surface area contributed by atoms with Crippen LogP contribution in [0.1, 0.15) is 17.6 Å². The first kappa shape index (κ1) is 18.5. The standard InChI is InChI=1S/C17H16F2N4OS2/c1-10(16(24)20-14-8-11(18)5-6-13(14)19)26-17-22-21-15(23(17)2)9-12-4-3-7-25-12/h3-8,10H,9H2,1-2H3,(H,20,24)/t10-/m0/s1. The molecule has 0 spiro atoms. The molecule has 1 atom stereocenters. The second-order valence-corrected chi connectivity index (χ2v) is 7.93. The number of carbonyl (C=O) groups is 1. The highest BCUT2D eigenvalue weighted by Gasteiger charge is 2.20. The van der Waals surface area contributed by atoms with Crippen molar-refractivity contribution in [3.8, 4) is 0 Å². The van der Waals surface area contributed by atoms with E-state index in [9.17, 15) is 13.6 Å². The molecule has 3 rings (SSSR count). The molecule has 0 unspecified atom stereocenters. The van der Waals surface area contributed by atoms with Gasteiger partial charge in [-0.25, -0.2) is 8.78 Å². The number of hydrogen-bond acceptors (Lipinski definition) is 5. The predicted octanol–water partition coefficient (Wildman–Crippen LogP) is 3.86. The van der Waals surface area contributed by atoms with E-state index in [0.29, 0.717) is 11.6 Å². The Kier molecular flexibility index (Phi) is 5.67. The van der Waals surface area contributed by atoms with Crippen molar-refractivity contribution in [1.29, 1.82) is 0 Å². The quantitative estimate of drug-likeness (QED) is 0.645. The summed E-state index contributed by atoms with van der Waals surface area (Å²) >= 11 is 2.85. The van der Waals surface area contributed by atoms with E-state index >= 15 is 0 Å². The number of anilines is 1. The highest BCUT2D eigenvalue weighted by molar-refractivity contribution is 8.00. The van der Waals surface area contributed by atoms with Crippen LogP contribution in [0, 0.1) is 11.6 Å². The molecule has 0 fully saturated rings. The van der Waals surface area contributed by atoms with Gasteiger partial charge in [0.05, 0.1) is 10.9 Å². The fraction of sp³-hybridized carbons (Fsp3) is 0.235. The zero-order chi connectivity index (χ0) is 18.7. The van der Waals surface area contributed by atoms with Gasteiger partial charge in [-0.1, -0.05) is 17.8 Å². The average molecular weight is 394 g/mol. The van der Waals surface area contributed by atoms with E-state index in [1.807, 2.05) is 29.1 Å². The number of aromatic nitrogens is 3. The molecule has 26 heavy (non-hydrogen) atoms. The minimum atomic E-state index is -0.686. The van der Waals surface area contributed by atoms with Gasteiger partial charge in [0.1, 0.15) is 17.5 Å². The van der Waals surface area contributed by atoms with Gasteiger partial charge in [-0.15, -0.1) is 21.5 Å². The molecule has 2 heterocycles. The van der Waals surface area contributed by atoms with Gasteiger partial charge < -0.3 is 9.88 Å². The fourth-order valence-corrected chi connectivity index (χ4v) is 3.75. The highest BCUT2D eigenvalue weighted by Crippen LogP contribution is 2.24. The molecule has 5 nitrogen and oxygen atoms in total. The zero-order valence-corrected chi connectivity index (χ0v) is 15.7. The van der Waals surface area contributed by atoms with E-state index < -0.39 is 22.8 Å². The Morgan fingerprint density at radius 2 is 2.15 bits per heavy atom. The topological polar surface area (TPSA) is 59.8 Å². The molecule has 9 heteroatoms. The summed E-state index contributed by atoms with van der Waals surface area (Å²) in [6.07, 6.45) is 0.663. The van der Waals surface area contributed by atoms with Crippen LogP contribution in [0.5, 0.6) is 0 Å². The Hall–Kier alpha value is -2.26. The van der Waals surface area contributed by atoms with E-state index in [4.69, 9.17) is 0 Å². The van der Waals surface area contributed by atoms with E-state index in [1.54, 1.807) is 18.3 Å². The molecule has 0 radical (unpaired) electrons. The maximum atomic E-state index is 13.7. The third kappa shape index (κ3) is 4.28. The van der Waals surface area contributed by atoms with Crippen LogP contribution in [0.25, 0.3) is 0 Å². The maximum Gasteiger partial charge on any atom is 0.237 e. The minimum absolute atomic E-state index is 0.182. The molecular weight excluding hydrogens is 378 g/mol. The number of benzene rings is 1. The SMILES string of the molecule is C[C@H](Sc1nnc(Cc2cccs2)n1C)C(=O)Nc1cc(F)ccc1F. The normalized spacial score (nSPS) is 12.2. The van der Waals surface area contributed by atoms with E-state index in [0.717, 1.165) is 24.0 Å². The van der Waals surface area contributed by atoms with Crippen LogP contribution in [0.2, 0.25) is 0 Å². The van der Waals surface area contributed by atoms with Crippen LogP contribution in [-0.4, -0.2) is 25.9 Å². The summed E-state index contributed by atoms with van der Waals surface area (Å²) in [5.41, 5.74) is -0.182. The van der Waals surface area contributed by atoms with Crippen LogP contribution >= 0.6 is 23.1 Å². The molecule has 1 N–H and O–H groups in total. The van der Waals surface area contributed by atoms with Crippen LogP contribution in [0.3, 0.4) is 0 Å². The van der Waals surface area contributed by atoms with Crippen molar-refractivity contribution in [2.75, 3.05) is 5.32 Å². The Morgan fingerprint density at radius 3 is 2.88 bits per heavy atom. The summed E-state index contributed by atoms with van der Waals surface area (Å²) in [5, 5.41) is 12.7. The van der Waals surface area contributed by atoms with E-state index in [2.05, 4.69) is 15.5 Å². The lowest BCUT2D eigenvalue weighted by molar-refractivity contribution is -0.115. The average Bonchev–Trinajstić information content (AvgIpc) is 3.23. The van der Waals surface area contributed by atoms with Gasteiger partial charge in [0.15, 0.2) is 5.16 Å². The fourth-order valence-electron chi connectivity index (χ4n) is 2.21. The molecule has 0 aliphatic carbocycles. The number of thiophene rings is 1. The molecular formula is C17H16F2N4OS2. The van der Waals surface area contributed by atoms with Gasteiger partial charge in [0, 0.05) is 24.4 Å². The maximum absolute atomic E-state index is 13.7. The largest absolute Gasteiger partial charge is 0.323 e. The summed E-state index contributed by atoms with van der Waals surface area (Å²) in [5.74, 6) is -0.955. The molecule has 3 aromatic rings. The number of thioether (sulfide) groups is 1. The third-order valence-corrected chi connectivity index (χ3v) is 5.69. The first-order valence-electron chi connectivity index (χ1n) is 7.77. The smallest absolute Gasteiger partial charge is 0.237 e. The van der Waals surface area contributed by atoms with Crippen LogP contribution in [0.4, 0.5) is 14.5 Å². The summed E-state index contributed by atoms with van der Waals surface area (Å²) in [7, 11) is 1.84. The van der Waals surface area contributed by atoms with Crippen molar-refractivity contribution in [1.82, 2.24) is 14.8 Å². The number of nitrogens with one attached hydrogen (secondary N) is 1. The summed E-state index contributed by atoms with van der Waals surface area (Å²) in [6.45, 7) is 1.67. The van der Waals surface area contributed by atoms with Gasteiger partial charge in [-0.05, 0) is 30.5 Å². The second-order valence-electron chi connectivity index (χ2n) is 5.59. The Labute approximate surface area is 157 Å². The van der Waals surface area contributed by atoms with Crippen molar-refractivity contribution in [3.63, 3.8) is 0 Å². The van der Waals surface area contributed by atoms with Crippen molar-refractivity contribution in [3.05, 3.63) is 58.0 Å². The Morgan fingerprint density at radius 1 is 1.35 bits per heavy atom. The number of nitrogens with zero attached hydrogens (tertiary/aromatic N) is 3. The molecule has 0 aliphatic rings. The lowest BCUT2D eigenvalue weighted by Crippen LogP contribution is -2.23. The summed E-state index contributed by atoms with van der Waals surface area (Å²) in [4.78, 5) is 13.4. The molecule has 0 bridgehead atoms. The second kappa shape index (κ2) is 7.96. The molecule has 1 amide bonds. The summed E-state index contributed by atoms with van der Waals surface area (Å²) in [6, 6.07) is 6.92. The number of amides is 1. The lowest BCUT2D eigenvalue weighted by Gasteiger charge is -2.12. The molecule has 1 aromatic carbocycles. The molecule has 2 aromatic heterocycles. The van der Waals surface area contributed by atoms with Gasteiger partial charge in [0.25, 0.3) is 0 Å². The summed E-state index contributed by atoms with van der Waals surface area (Å²) < 4.78 is 28.7. The molecule has 0 saturated carbocycles. The van der Waals surface area contributed by atoms with Gasteiger partial charge >= 0.3 is 0 Å². The number of carbonyl (C=O) groups excluding carboxylic acids is 1. The van der Waals surface area contributed by atoms with Crippen molar-refractivity contribution < 1.29 is 13.6 Å². The number of halogens is 2. The first-order valence-corrected chi connectivity index (χ1v) is 9.53.